The Bertz CT molecular complexity index is 82.4. The first kappa shape index (κ1) is 7.19. The zero-order chi connectivity index (χ0) is 6.69. The van der Waals surface area contributed by atoms with Crippen molar-refractivity contribution in [2.45, 2.75) is 19.7 Å². The maximum atomic E-state index is 4.94. The smallest absolute Gasteiger partial charge is 0.457 e. The lowest BCUT2D eigenvalue weighted by Gasteiger charge is -2.20. The molecule has 9 heavy (non-hydrogen) atoms. The third-order valence-electron chi connectivity index (χ3n) is 1.03. The maximum absolute atomic E-state index is 4.94. The first-order chi connectivity index (χ1) is 4.30. The molecule has 0 bridgehead atoms. The van der Waals surface area contributed by atoms with Crippen LogP contribution in [0.2, 0.25) is 5.82 Å². The quantitative estimate of drug-likeness (QED) is 0.460. The lowest BCUT2D eigenvalue weighted by Crippen LogP contribution is -2.37. The highest BCUT2D eigenvalue weighted by molar-refractivity contribution is 6.62. The van der Waals surface area contributed by atoms with Crippen molar-refractivity contribution in [3.05, 3.63) is 0 Å². The third-order valence-corrected chi connectivity index (χ3v) is 1.03. The normalized spacial score (nSPS) is 19.2. The van der Waals surface area contributed by atoms with Crippen LogP contribution < -0.4 is 0 Å². The summed E-state index contributed by atoms with van der Waals surface area (Å²) in [5.74, 6) is 0.349. The van der Waals surface area contributed by atoms with Crippen LogP contribution in [0.25, 0.3) is 0 Å². The predicted octanol–water partition coefficient (Wildman–Crippen LogP) is 0.0164. The second-order valence-electron chi connectivity index (χ2n) is 2.21. The molecule has 46 valence electrons. The van der Waals surface area contributed by atoms with E-state index in [2.05, 4.69) is 4.57 Å². The van der Waals surface area contributed by atoms with Crippen LogP contribution in [0.5, 0.6) is 0 Å². The first-order valence-electron chi connectivity index (χ1n) is 2.90. The van der Waals surface area contributed by atoms with E-state index in [-0.39, 0.29) is 7.12 Å². The molecule has 1 saturated heterocycles. The van der Waals surface area contributed by atoms with Gasteiger partial charge in [-0.3, -0.25) is 0 Å². The molecule has 0 unspecified atom stereocenters. The van der Waals surface area contributed by atoms with Crippen LogP contribution in [0.1, 0.15) is 13.8 Å². The molecule has 1 fully saturated rings. The maximum Gasteiger partial charge on any atom is 0.458 e. The van der Waals surface area contributed by atoms with E-state index < -0.39 is 0 Å². The molecule has 0 aliphatic carbocycles. The molecule has 0 spiro atoms. The van der Waals surface area contributed by atoms with E-state index in [1.807, 2.05) is 13.8 Å². The van der Waals surface area contributed by atoms with Gasteiger partial charge in [-0.05, 0) is 5.82 Å². The van der Waals surface area contributed by atoms with Gasteiger partial charge in [-0.1, -0.05) is 13.8 Å². The summed E-state index contributed by atoms with van der Waals surface area (Å²) in [7, 11) is 2.36. The fourth-order valence-electron chi connectivity index (χ4n) is 0.543. The molecule has 0 N–H and O–H groups in total. The summed E-state index contributed by atoms with van der Waals surface area (Å²) in [6.07, 6.45) is 0. The molecule has 2 radical (unpaired) electrons. The Balaban J connectivity index is 2.23. The van der Waals surface area contributed by atoms with Crippen LogP contribution in [0.15, 0.2) is 0 Å². The van der Waals surface area contributed by atoms with Crippen LogP contribution >= 0.6 is 0 Å². The van der Waals surface area contributed by atoms with Gasteiger partial charge < -0.3 is 13.7 Å². The molecule has 1 heterocycles. The third kappa shape index (κ3) is 2.04. The molecule has 0 saturated carbocycles. The van der Waals surface area contributed by atoms with Gasteiger partial charge in [0.05, 0.1) is 0 Å². The zero-order valence-corrected chi connectivity index (χ0v) is 5.53. The van der Waals surface area contributed by atoms with Crippen molar-refractivity contribution >= 4 is 22.5 Å². The zero-order valence-electron chi connectivity index (χ0n) is 5.53. The summed E-state index contributed by atoms with van der Waals surface area (Å²) in [5.41, 5.74) is 0. The van der Waals surface area contributed by atoms with Crippen LogP contribution in [0.3, 0.4) is 0 Å². The van der Waals surface area contributed by atoms with Crippen molar-refractivity contribution in [2.24, 2.45) is 0 Å². The van der Waals surface area contributed by atoms with Crippen LogP contribution in [0.4, 0.5) is 0 Å². The molecule has 0 amide bonds. The van der Waals surface area contributed by atoms with Crippen LogP contribution in [-0.2, 0) is 13.7 Å². The molecule has 1 rings (SSSR count). The van der Waals surface area contributed by atoms with Gasteiger partial charge >= 0.3 is 22.5 Å². The molecule has 3 nitrogen and oxygen atoms in total. The van der Waals surface area contributed by atoms with Gasteiger partial charge in [0.15, 0.2) is 0 Å². The summed E-state index contributed by atoms with van der Waals surface area (Å²) >= 11 is 0. The highest BCUT2D eigenvalue weighted by Gasteiger charge is 2.27. The SMILES string of the molecule is CC(C)B1O[B]O[B]O1. The van der Waals surface area contributed by atoms with Crippen molar-refractivity contribution in [3.8, 4) is 0 Å². The molecule has 1 aliphatic rings. The van der Waals surface area contributed by atoms with Crippen LogP contribution in [-0.4, -0.2) is 22.5 Å². The Kier molecular flexibility index (Phi) is 2.63. The largest absolute Gasteiger partial charge is 0.458 e. The van der Waals surface area contributed by atoms with Gasteiger partial charge in [-0.25, -0.2) is 0 Å². The second-order valence-corrected chi connectivity index (χ2v) is 2.21. The topological polar surface area (TPSA) is 27.7 Å². The van der Waals surface area contributed by atoms with E-state index >= 15 is 0 Å². The minimum atomic E-state index is -0.182. The summed E-state index contributed by atoms with van der Waals surface area (Å²) < 4.78 is 14.4. The fraction of sp³-hybridized carbons (Fsp3) is 1.00. The highest BCUT2D eigenvalue weighted by Crippen LogP contribution is 2.10. The predicted molar refractivity (Wildman–Crippen MR) is 35.6 cm³/mol. The molecular weight excluding hydrogens is 116 g/mol. The van der Waals surface area contributed by atoms with E-state index in [0.29, 0.717) is 5.82 Å². The van der Waals surface area contributed by atoms with Crippen molar-refractivity contribution in [3.63, 3.8) is 0 Å². The van der Waals surface area contributed by atoms with Gasteiger partial charge in [-0.15, -0.1) is 0 Å². The summed E-state index contributed by atoms with van der Waals surface area (Å²) in [6.45, 7) is 4.02. The van der Waals surface area contributed by atoms with Crippen molar-refractivity contribution in [2.75, 3.05) is 0 Å². The van der Waals surface area contributed by atoms with Crippen molar-refractivity contribution < 1.29 is 13.7 Å². The van der Waals surface area contributed by atoms with E-state index in [1.165, 1.54) is 15.4 Å². The summed E-state index contributed by atoms with van der Waals surface area (Å²) in [5, 5.41) is 0. The first-order valence-corrected chi connectivity index (χ1v) is 2.90. The Labute approximate surface area is 56.8 Å². The van der Waals surface area contributed by atoms with E-state index in [9.17, 15) is 0 Å². The van der Waals surface area contributed by atoms with Gasteiger partial charge in [-0.2, -0.15) is 0 Å². The Hall–Kier alpha value is 0.0748. The van der Waals surface area contributed by atoms with Crippen LogP contribution in [0, 0.1) is 0 Å². The Morgan fingerprint density at radius 1 is 1.22 bits per heavy atom. The highest BCUT2D eigenvalue weighted by atomic mass is 16.7. The summed E-state index contributed by atoms with van der Waals surface area (Å²) in [4.78, 5) is 0. The average Bonchev–Trinajstić information content (AvgIpc) is 1.90. The minimum Gasteiger partial charge on any atom is -0.457 e. The van der Waals surface area contributed by atoms with E-state index in [0.717, 1.165) is 0 Å². The van der Waals surface area contributed by atoms with Crippen molar-refractivity contribution in [1.29, 1.82) is 0 Å². The standard InChI is InChI=1S/C3H7B3O3/c1-3(2)6-8-4-7-5-9-6/h3H,1-2H3. The van der Waals surface area contributed by atoms with Crippen molar-refractivity contribution in [1.82, 2.24) is 0 Å². The van der Waals surface area contributed by atoms with Gasteiger partial charge in [0.1, 0.15) is 0 Å². The molecule has 1 aliphatic heterocycles. The minimum absolute atomic E-state index is 0.182. The lowest BCUT2D eigenvalue weighted by atomic mass is 9.71. The molecule has 0 aromatic carbocycles. The number of hydrogen-bond acceptors (Lipinski definition) is 3. The average molecular weight is 124 g/mol. The number of rotatable bonds is 1. The van der Waals surface area contributed by atoms with Gasteiger partial charge in [0.2, 0.25) is 0 Å². The molecular formula is C3H7B3O3. The molecule has 6 heteroatoms. The summed E-state index contributed by atoms with van der Waals surface area (Å²) in [6, 6.07) is 0. The second kappa shape index (κ2) is 3.30. The number of hydrogen-bond donors (Lipinski definition) is 0. The fourth-order valence-corrected chi connectivity index (χ4v) is 0.543. The molecule has 0 aromatic rings. The Morgan fingerprint density at radius 2 is 1.78 bits per heavy atom. The van der Waals surface area contributed by atoms with Gasteiger partial charge in [0.25, 0.3) is 0 Å². The van der Waals surface area contributed by atoms with E-state index in [1.54, 1.807) is 0 Å². The Morgan fingerprint density at radius 3 is 2.11 bits per heavy atom. The molecule has 0 atom stereocenters. The monoisotopic (exact) mass is 124 g/mol. The molecule has 0 aromatic heterocycles. The van der Waals surface area contributed by atoms with E-state index in [4.69, 9.17) is 9.14 Å². The van der Waals surface area contributed by atoms with Gasteiger partial charge in [0, 0.05) is 0 Å². The lowest BCUT2D eigenvalue weighted by molar-refractivity contribution is 0.315.